The van der Waals surface area contributed by atoms with Crippen molar-refractivity contribution in [2.24, 2.45) is 11.7 Å². The summed E-state index contributed by atoms with van der Waals surface area (Å²) in [7, 11) is 1.56. The minimum atomic E-state index is -1.19. The molecule has 0 radical (unpaired) electrons. The summed E-state index contributed by atoms with van der Waals surface area (Å²) in [6.07, 6.45) is 6.64. The molecule has 4 aromatic rings. The maximum absolute atomic E-state index is 14.6. The second kappa shape index (κ2) is 11.1. The standard InChI is InChI=1S/C33H32ClF2N5O4/c1-33(26(37)14-42)15-45-31-22(33)11-24(39-30(31)20-7-8-23(35)28(36)27(20)34)21(16-3-4-16)12-38-32(43)17-9-18-13-41(19-5-6-19)40-29(18)25(10-17)44-2/h7-11,13-14,16,19,21,26H,3-6,12,15,37H2,1-2H3,(H,38,43)/t21-,26?,33-/m0/s1. The molecule has 7 rings (SSSR count). The molecule has 3 atom stereocenters. The van der Waals surface area contributed by atoms with Crippen LogP contribution in [0.5, 0.6) is 11.5 Å². The first-order valence-corrected chi connectivity index (χ1v) is 15.4. The van der Waals surface area contributed by atoms with Crippen LogP contribution in [0.4, 0.5) is 8.78 Å². The number of hydrogen-bond donors (Lipinski definition) is 2. The van der Waals surface area contributed by atoms with Gasteiger partial charge in [-0.05, 0) is 61.9 Å². The number of amides is 1. The summed E-state index contributed by atoms with van der Waals surface area (Å²) in [4.78, 5) is 30.3. The first-order valence-electron chi connectivity index (χ1n) is 15.0. The van der Waals surface area contributed by atoms with E-state index in [1.807, 2.05) is 29.9 Å². The largest absolute Gasteiger partial charge is 0.494 e. The van der Waals surface area contributed by atoms with Crippen LogP contribution >= 0.6 is 11.6 Å². The number of fused-ring (bicyclic) bond motifs is 2. The quantitative estimate of drug-likeness (QED) is 0.175. The van der Waals surface area contributed by atoms with Crippen LogP contribution in [-0.4, -0.2) is 53.3 Å². The summed E-state index contributed by atoms with van der Waals surface area (Å²) in [6, 6.07) is 7.20. The zero-order valence-electron chi connectivity index (χ0n) is 24.8. The monoisotopic (exact) mass is 635 g/mol. The molecule has 1 unspecified atom stereocenters. The fraction of sp³-hybridized carbons (Fsp3) is 0.394. The van der Waals surface area contributed by atoms with Gasteiger partial charge < -0.3 is 25.3 Å². The van der Waals surface area contributed by atoms with Crippen LogP contribution in [0.3, 0.4) is 0 Å². The molecule has 1 aliphatic heterocycles. The summed E-state index contributed by atoms with van der Waals surface area (Å²) in [5, 5.41) is 8.13. The molecule has 2 aromatic carbocycles. The summed E-state index contributed by atoms with van der Waals surface area (Å²) in [5.74, 6) is -1.71. The highest BCUT2D eigenvalue weighted by Crippen LogP contribution is 2.50. The number of carbonyl (C=O) groups is 2. The molecule has 12 heteroatoms. The average Bonchev–Trinajstić information content (AvgIpc) is 3.99. The van der Waals surface area contributed by atoms with Gasteiger partial charge in [0.05, 0.1) is 36.2 Å². The molecule has 3 N–H and O–H groups in total. The molecule has 2 fully saturated rings. The molecule has 3 heterocycles. The third-order valence-electron chi connectivity index (χ3n) is 9.34. The topological polar surface area (TPSA) is 121 Å². The Morgan fingerprint density at radius 1 is 1.27 bits per heavy atom. The van der Waals surface area contributed by atoms with Crippen LogP contribution in [0.15, 0.2) is 36.5 Å². The number of carbonyl (C=O) groups excluding carboxylic acids is 2. The van der Waals surface area contributed by atoms with Crippen molar-refractivity contribution in [1.82, 2.24) is 20.1 Å². The lowest BCUT2D eigenvalue weighted by molar-refractivity contribution is -0.110. The van der Waals surface area contributed by atoms with Gasteiger partial charge in [-0.1, -0.05) is 18.5 Å². The van der Waals surface area contributed by atoms with Crippen LogP contribution in [0.1, 0.15) is 66.2 Å². The van der Waals surface area contributed by atoms with E-state index in [0.29, 0.717) is 46.2 Å². The van der Waals surface area contributed by atoms with Gasteiger partial charge in [0, 0.05) is 46.4 Å². The predicted octanol–water partition coefficient (Wildman–Crippen LogP) is 5.47. The molecule has 1 amide bonds. The van der Waals surface area contributed by atoms with Crippen molar-refractivity contribution < 1.29 is 27.8 Å². The zero-order valence-corrected chi connectivity index (χ0v) is 25.5. The van der Waals surface area contributed by atoms with Crippen LogP contribution in [0.25, 0.3) is 22.2 Å². The highest BCUT2D eigenvalue weighted by atomic mass is 35.5. The number of nitrogens with zero attached hydrogens (tertiary/aromatic N) is 3. The molecule has 0 spiro atoms. The van der Waals surface area contributed by atoms with E-state index in [0.717, 1.165) is 37.1 Å². The Morgan fingerprint density at radius 3 is 2.73 bits per heavy atom. The number of rotatable bonds is 10. The molecule has 2 saturated carbocycles. The van der Waals surface area contributed by atoms with Crippen molar-refractivity contribution in [3.05, 3.63) is 70.0 Å². The predicted molar refractivity (Wildman–Crippen MR) is 164 cm³/mol. The molecule has 3 aliphatic rings. The Bertz CT molecular complexity index is 1860. The fourth-order valence-electron chi connectivity index (χ4n) is 6.18. The van der Waals surface area contributed by atoms with Crippen LogP contribution < -0.4 is 20.5 Å². The van der Waals surface area contributed by atoms with Crippen LogP contribution in [0, 0.1) is 17.6 Å². The molecule has 2 aromatic heterocycles. The summed E-state index contributed by atoms with van der Waals surface area (Å²) in [6.45, 7) is 2.18. The maximum Gasteiger partial charge on any atom is 0.251 e. The Morgan fingerprint density at radius 2 is 2.04 bits per heavy atom. The highest BCUT2D eigenvalue weighted by molar-refractivity contribution is 6.33. The zero-order chi connectivity index (χ0) is 31.6. The number of halogens is 3. The number of hydrogen-bond acceptors (Lipinski definition) is 7. The van der Waals surface area contributed by atoms with Crippen molar-refractivity contribution >= 4 is 34.7 Å². The van der Waals surface area contributed by atoms with Gasteiger partial charge >= 0.3 is 0 Å². The third kappa shape index (κ3) is 5.11. The van der Waals surface area contributed by atoms with E-state index in [1.165, 1.54) is 6.07 Å². The van der Waals surface area contributed by atoms with E-state index in [4.69, 9.17) is 31.8 Å². The number of benzene rings is 2. The van der Waals surface area contributed by atoms with E-state index in [2.05, 4.69) is 10.4 Å². The Labute approximate surface area is 263 Å². The lowest BCUT2D eigenvalue weighted by Gasteiger charge is -2.27. The van der Waals surface area contributed by atoms with Gasteiger partial charge in [0.15, 0.2) is 11.6 Å². The molecule has 0 saturated heterocycles. The summed E-state index contributed by atoms with van der Waals surface area (Å²) < 4.78 is 42.2. The lowest BCUT2D eigenvalue weighted by Crippen LogP contribution is -2.45. The third-order valence-corrected chi connectivity index (χ3v) is 9.71. The first kappa shape index (κ1) is 29.6. The molecule has 234 valence electrons. The average molecular weight is 636 g/mol. The number of aldehydes is 1. The van der Waals surface area contributed by atoms with Gasteiger partial charge in [-0.25, -0.2) is 13.8 Å². The Hall–Kier alpha value is -4.09. The Kier molecular flexibility index (Phi) is 7.28. The molecule has 0 bridgehead atoms. The summed E-state index contributed by atoms with van der Waals surface area (Å²) >= 11 is 6.30. The van der Waals surface area contributed by atoms with E-state index < -0.39 is 28.1 Å². The number of nitrogens with one attached hydrogen (secondary N) is 1. The van der Waals surface area contributed by atoms with E-state index in [1.54, 1.807) is 13.2 Å². The van der Waals surface area contributed by atoms with Gasteiger partial charge in [0.2, 0.25) is 0 Å². The van der Waals surface area contributed by atoms with Gasteiger partial charge in [-0.15, -0.1) is 0 Å². The molecule has 2 aliphatic carbocycles. The normalized spacial score (nSPS) is 20.4. The number of nitrogens with two attached hydrogens (primary N) is 1. The van der Waals surface area contributed by atoms with Gasteiger partial charge in [-0.2, -0.15) is 5.10 Å². The Balaban J connectivity index is 1.25. The maximum atomic E-state index is 14.6. The summed E-state index contributed by atoms with van der Waals surface area (Å²) in [5.41, 5.74) is 8.14. The van der Waals surface area contributed by atoms with E-state index in [9.17, 15) is 18.4 Å². The first-order chi connectivity index (χ1) is 21.6. The molecule has 45 heavy (non-hydrogen) atoms. The van der Waals surface area contributed by atoms with Gasteiger partial charge in [-0.3, -0.25) is 9.48 Å². The van der Waals surface area contributed by atoms with Crippen molar-refractivity contribution in [3.8, 4) is 22.8 Å². The SMILES string of the molecule is COc1cc(C(=O)NC[C@H](c2cc3c(c(-c4ccc(F)c(F)c4Cl)n2)OC[C@]3(C)C(N)C=O)C2CC2)cc2cn(C3CC3)nc12. The molecular weight excluding hydrogens is 604 g/mol. The number of methoxy groups -OCH3 is 1. The number of pyridine rings is 1. The molecular formula is C33H32ClF2N5O4. The highest BCUT2D eigenvalue weighted by Gasteiger charge is 2.45. The van der Waals surface area contributed by atoms with E-state index in [-0.39, 0.29) is 42.2 Å². The van der Waals surface area contributed by atoms with Crippen LogP contribution in [0.2, 0.25) is 5.02 Å². The van der Waals surface area contributed by atoms with Gasteiger partial charge in [0.1, 0.15) is 29.0 Å². The van der Waals surface area contributed by atoms with E-state index >= 15 is 0 Å². The van der Waals surface area contributed by atoms with Crippen LogP contribution in [-0.2, 0) is 10.2 Å². The fourth-order valence-corrected chi connectivity index (χ4v) is 6.42. The minimum absolute atomic E-state index is 0.0914. The molecule has 9 nitrogen and oxygen atoms in total. The second-order valence-electron chi connectivity index (χ2n) is 12.5. The van der Waals surface area contributed by atoms with Gasteiger partial charge in [0.25, 0.3) is 5.91 Å². The second-order valence-corrected chi connectivity index (χ2v) is 12.9. The van der Waals surface area contributed by atoms with Crippen molar-refractivity contribution in [2.45, 2.75) is 56.0 Å². The minimum Gasteiger partial charge on any atom is -0.494 e. The smallest absolute Gasteiger partial charge is 0.251 e. The number of aromatic nitrogens is 3. The lowest BCUT2D eigenvalue weighted by atomic mass is 9.77. The van der Waals surface area contributed by atoms with Crippen molar-refractivity contribution in [1.29, 1.82) is 0 Å². The van der Waals surface area contributed by atoms with Crippen molar-refractivity contribution in [3.63, 3.8) is 0 Å². The number of ether oxygens (including phenoxy) is 2. The van der Waals surface area contributed by atoms with Crippen molar-refractivity contribution in [2.75, 3.05) is 20.3 Å².